The maximum absolute atomic E-state index is 9.57. The normalized spacial score (nSPS) is 19.9. The van der Waals surface area contributed by atoms with Gasteiger partial charge in [0, 0.05) is 24.3 Å². The summed E-state index contributed by atoms with van der Waals surface area (Å²) in [7, 11) is 0. The first-order chi connectivity index (χ1) is 9.90. The largest absolute Gasteiger partial charge is 0.394 e. The Morgan fingerprint density at radius 3 is 2.67 bits per heavy atom. The fourth-order valence-corrected chi connectivity index (χ4v) is 2.95. The number of nitrogens with zero attached hydrogens (tertiary/aromatic N) is 1. The monoisotopic (exact) mass is 290 g/mol. The van der Waals surface area contributed by atoms with Crippen molar-refractivity contribution in [1.29, 1.82) is 0 Å². The number of piperidine rings is 1. The first-order valence-electron chi connectivity index (χ1n) is 8.13. The highest BCUT2D eigenvalue weighted by Gasteiger charge is 2.22. The average molecular weight is 290 g/mol. The number of benzene rings is 1. The summed E-state index contributed by atoms with van der Waals surface area (Å²) < 4.78 is 0. The highest BCUT2D eigenvalue weighted by atomic mass is 16.3. The summed E-state index contributed by atoms with van der Waals surface area (Å²) in [5, 5.41) is 13.1. The van der Waals surface area contributed by atoms with E-state index in [1.54, 1.807) is 0 Å². The lowest BCUT2D eigenvalue weighted by molar-refractivity contribution is 0.240. The molecule has 0 saturated carbocycles. The third-order valence-corrected chi connectivity index (χ3v) is 4.30. The van der Waals surface area contributed by atoms with Crippen LogP contribution in [-0.4, -0.2) is 29.8 Å². The minimum Gasteiger partial charge on any atom is -0.394 e. The summed E-state index contributed by atoms with van der Waals surface area (Å²) >= 11 is 0. The quantitative estimate of drug-likeness (QED) is 0.893. The smallest absolute Gasteiger partial charge is 0.0635 e. The van der Waals surface area contributed by atoms with Crippen molar-refractivity contribution in [2.45, 2.75) is 65.1 Å². The molecule has 1 heterocycles. The predicted molar refractivity (Wildman–Crippen MR) is 89.8 cm³/mol. The summed E-state index contributed by atoms with van der Waals surface area (Å²) in [5.74, 6) is 0. The minimum atomic E-state index is 0.139. The Morgan fingerprint density at radius 2 is 2.05 bits per heavy atom. The Labute approximate surface area is 129 Å². The number of hydrogen-bond donors (Lipinski definition) is 2. The molecule has 1 unspecified atom stereocenters. The third-order valence-electron chi connectivity index (χ3n) is 4.30. The van der Waals surface area contributed by atoms with Gasteiger partial charge in [0.25, 0.3) is 0 Å². The van der Waals surface area contributed by atoms with Crippen LogP contribution in [0.25, 0.3) is 0 Å². The lowest BCUT2D eigenvalue weighted by Crippen LogP contribution is -2.42. The Hall–Kier alpha value is -1.06. The summed E-state index contributed by atoms with van der Waals surface area (Å²) in [4.78, 5) is 2.37. The van der Waals surface area contributed by atoms with Gasteiger partial charge in [0.05, 0.1) is 12.6 Å². The molecule has 21 heavy (non-hydrogen) atoms. The molecular formula is C18H30N2O. The van der Waals surface area contributed by atoms with Crippen molar-refractivity contribution in [3.8, 4) is 0 Å². The molecule has 1 saturated heterocycles. The molecule has 3 heteroatoms. The van der Waals surface area contributed by atoms with Crippen LogP contribution in [0.1, 0.15) is 51.2 Å². The molecule has 0 aromatic heterocycles. The van der Waals surface area contributed by atoms with Gasteiger partial charge in [-0.3, -0.25) is 0 Å². The molecule has 0 radical (unpaired) electrons. The van der Waals surface area contributed by atoms with E-state index in [4.69, 9.17) is 0 Å². The van der Waals surface area contributed by atoms with E-state index in [-0.39, 0.29) is 18.2 Å². The Kier molecular flexibility index (Phi) is 5.28. The molecule has 118 valence electrons. The Balaban J connectivity index is 2.10. The van der Waals surface area contributed by atoms with E-state index >= 15 is 0 Å². The van der Waals surface area contributed by atoms with Crippen LogP contribution >= 0.6 is 0 Å². The number of aliphatic hydroxyl groups excluding tert-OH is 1. The van der Waals surface area contributed by atoms with Crippen molar-refractivity contribution in [3.05, 3.63) is 29.3 Å². The molecule has 1 atom stereocenters. The molecule has 1 fully saturated rings. The molecule has 0 bridgehead atoms. The molecule has 3 nitrogen and oxygen atoms in total. The van der Waals surface area contributed by atoms with Gasteiger partial charge in [-0.15, -0.1) is 0 Å². The highest BCUT2D eigenvalue weighted by Crippen LogP contribution is 2.26. The number of anilines is 1. The van der Waals surface area contributed by atoms with Crippen molar-refractivity contribution < 1.29 is 5.11 Å². The molecule has 1 aromatic rings. The molecule has 2 rings (SSSR count). The molecule has 0 spiro atoms. The number of rotatable bonds is 4. The van der Waals surface area contributed by atoms with Crippen LogP contribution < -0.4 is 10.2 Å². The van der Waals surface area contributed by atoms with E-state index in [1.807, 2.05) is 0 Å². The third kappa shape index (κ3) is 4.45. The zero-order valence-electron chi connectivity index (χ0n) is 13.9. The molecule has 1 aliphatic rings. The zero-order chi connectivity index (χ0) is 15.5. The van der Waals surface area contributed by atoms with Gasteiger partial charge >= 0.3 is 0 Å². The fraction of sp³-hybridized carbons (Fsp3) is 0.667. The second-order valence-corrected chi connectivity index (χ2v) is 7.24. The number of hydrogen-bond acceptors (Lipinski definition) is 3. The minimum absolute atomic E-state index is 0.139. The van der Waals surface area contributed by atoms with Gasteiger partial charge in [0.2, 0.25) is 0 Å². The van der Waals surface area contributed by atoms with Crippen LogP contribution in [0.3, 0.4) is 0 Å². The second kappa shape index (κ2) is 6.80. The average Bonchev–Trinajstić information content (AvgIpc) is 2.45. The van der Waals surface area contributed by atoms with Crippen LogP contribution in [0.2, 0.25) is 0 Å². The molecule has 2 N–H and O–H groups in total. The van der Waals surface area contributed by atoms with Gasteiger partial charge < -0.3 is 15.3 Å². The van der Waals surface area contributed by atoms with Crippen molar-refractivity contribution in [2.24, 2.45) is 0 Å². The predicted octanol–water partition coefficient (Wildman–Crippen LogP) is 3.23. The van der Waals surface area contributed by atoms with Crippen LogP contribution in [0, 0.1) is 6.92 Å². The number of aryl methyl sites for hydroxylation is 1. The first-order valence-corrected chi connectivity index (χ1v) is 8.13. The maximum Gasteiger partial charge on any atom is 0.0635 e. The number of aliphatic hydroxyl groups is 1. The van der Waals surface area contributed by atoms with E-state index < -0.39 is 0 Å². The van der Waals surface area contributed by atoms with E-state index in [1.165, 1.54) is 29.7 Å². The van der Waals surface area contributed by atoms with Crippen molar-refractivity contribution in [1.82, 2.24) is 5.32 Å². The SMILES string of the molecule is Cc1cc(N2CCCCC2CO)ccc1CNC(C)(C)C. The lowest BCUT2D eigenvalue weighted by atomic mass is 10.00. The Morgan fingerprint density at radius 1 is 1.29 bits per heavy atom. The van der Waals surface area contributed by atoms with Crippen LogP contribution in [0.5, 0.6) is 0 Å². The Bertz CT molecular complexity index is 465. The summed E-state index contributed by atoms with van der Waals surface area (Å²) in [6, 6.07) is 7.00. The van der Waals surface area contributed by atoms with Gasteiger partial charge in [-0.1, -0.05) is 6.07 Å². The summed E-state index contributed by atoms with van der Waals surface area (Å²) in [6.07, 6.45) is 3.56. The molecule has 0 amide bonds. The molecule has 1 aliphatic heterocycles. The lowest BCUT2D eigenvalue weighted by Gasteiger charge is -2.37. The fourth-order valence-electron chi connectivity index (χ4n) is 2.95. The van der Waals surface area contributed by atoms with E-state index in [2.05, 4.69) is 56.1 Å². The molecular weight excluding hydrogens is 260 g/mol. The summed E-state index contributed by atoms with van der Waals surface area (Å²) in [5.41, 5.74) is 4.07. The van der Waals surface area contributed by atoms with E-state index in [9.17, 15) is 5.11 Å². The van der Waals surface area contributed by atoms with Gasteiger partial charge in [0.15, 0.2) is 0 Å². The highest BCUT2D eigenvalue weighted by molar-refractivity contribution is 5.52. The van der Waals surface area contributed by atoms with Crippen LogP contribution in [0.4, 0.5) is 5.69 Å². The van der Waals surface area contributed by atoms with Crippen molar-refractivity contribution >= 4 is 5.69 Å². The zero-order valence-corrected chi connectivity index (χ0v) is 13.9. The van der Waals surface area contributed by atoms with Gasteiger partial charge in [-0.05, 0) is 70.2 Å². The topological polar surface area (TPSA) is 35.5 Å². The van der Waals surface area contributed by atoms with Crippen molar-refractivity contribution in [2.75, 3.05) is 18.1 Å². The maximum atomic E-state index is 9.57. The second-order valence-electron chi connectivity index (χ2n) is 7.24. The van der Waals surface area contributed by atoms with Gasteiger partial charge in [0.1, 0.15) is 0 Å². The van der Waals surface area contributed by atoms with Crippen LogP contribution in [0.15, 0.2) is 18.2 Å². The van der Waals surface area contributed by atoms with E-state index in [0.717, 1.165) is 19.5 Å². The van der Waals surface area contributed by atoms with Crippen LogP contribution in [-0.2, 0) is 6.54 Å². The van der Waals surface area contributed by atoms with Gasteiger partial charge in [-0.2, -0.15) is 0 Å². The molecule has 1 aromatic carbocycles. The standard InChI is InChI=1S/C18H30N2O/c1-14-11-16(20-10-6-5-7-17(20)13-21)9-8-15(14)12-19-18(2,3)4/h8-9,11,17,19,21H,5-7,10,12-13H2,1-4H3. The first kappa shape index (κ1) is 16.3. The van der Waals surface area contributed by atoms with Gasteiger partial charge in [-0.25, -0.2) is 0 Å². The van der Waals surface area contributed by atoms with Crippen molar-refractivity contribution in [3.63, 3.8) is 0 Å². The number of nitrogens with one attached hydrogen (secondary N) is 1. The van der Waals surface area contributed by atoms with E-state index in [0.29, 0.717) is 0 Å². The molecule has 0 aliphatic carbocycles. The summed E-state index contributed by atoms with van der Waals surface area (Å²) in [6.45, 7) is 11.0.